The minimum atomic E-state index is -0.0208. The highest BCUT2D eigenvalue weighted by molar-refractivity contribution is 7.18. The van der Waals surface area contributed by atoms with Crippen LogP contribution < -0.4 is 0 Å². The zero-order valence-corrected chi connectivity index (χ0v) is 14.6. The average Bonchev–Trinajstić information content (AvgIpc) is 3.14. The lowest BCUT2D eigenvalue weighted by atomic mass is 10.2. The maximum absolute atomic E-state index is 11.6. The summed E-state index contributed by atoms with van der Waals surface area (Å²) >= 11 is 14.6. The van der Waals surface area contributed by atoms with Crippen LogP contribution in [0.15, 0.2) is 29.6 Å². The van der Waals surface area contributed by atoms with Gasteiger partial charge < -0.3 is 0 Å². The van der Waals surface area contributed by atoms with E-state index in [1.54, 1.807) is 0 Å². The summed E-state index contributed by atoms with van der Waals surface area (Å²) in [4.78, 5) is 21.2. The number of carbonyl (C=O) groups excluding carboxylic acids is 1. The number of nitrogens with zero attached hydrogens (tertiary/aromatic N) is 2. The molecule has 0 saturated carbocycles. The highest BCUT2D eigenvalue weighted by atomic mass is 35.5. The molecule has 0 radical (unpaired) electrons. The summed E-state index contributed by atoms with van der Waals surface area (Å²) in [6.45, 7) is 1.52. The van der Waals surface area contributed by atoms with Gasteiger partial charge in [0.25, 0.3) is 0 Å². The molecule has 0 aliphatic carbocycles. The number of alkyl halides is 1. The second-order valence-electron chi connectivity index (χ2n) is 4.53. The normalized spacial score (nSPS) is 10.9. The Balaban J connectivity index is 1.97. The van der Waals surface area contributed by atoms with E-state index in [2.05, 4.69) is 9.97 Å². The number of Topliss-reactive ketones (excluding diaryl/α,β-unsaturated/α-hetero) is 1. The fraction of sp³-hybridized carbons (Fsp3) is 0.133. The van der Waals surface area contributed by atoms with Crippen molar-refractivity contribution in [3.8, 4) is 21.3 Å². The number of halogens is 2. The first kappa shape index (κ1) is 15.6. The van der Waals surface area contributed by atoms with Crippen molar-refractivity contribution in [3.05, 3.63) is 45.2 Å². The summed E-state index contributed by atoms with van der Waals surface area (Å²) < 4.78 is 0. The van der Waals surface area contributed by atoms with E-state index in [0.717, 1.165) is 21.3 Å². The third-order valence-corrected chi connectivity index (χ3v) is 5.58. The van der Waals surface area contributed by atoms with Crippen LogP contribution in [0.25, 0.3) is 21.3 Å². The number of hydrogen-bond acceptors (Lipinski definition) is 5. The largest absolute Gasteiger partial charge is 0.294 e. The SMILES string of the molecule is CC(=O)c1sc(-c2csc(-c3ccc(Cl)cc3)n2)nc1CCl. The van der Waals surface area contributed by atoms with Gasteiger partial charge in [0.1, 0.15) is 15.7 Å². The Morgan fingerprint density at radius 1 is 1.18 bits per heavy atom. The third-order valence-electron chi connectivity index (χ3n) is 2.96. The molecule has 3 rings (SSSR count). The molecule has 0 atom stereocenters. The van der Waals surface area contributed by atoms with Crippen molar-refractivity contribution < 1.29 is 4.79 Å². The van der Waals surface area contributed by atoms with Gasteiger partial charge in [0, 0.05) is 22.9 Å². The van der Waals surface area contributed by atoms with Crippen LogP contribution in [0.3, 0.4) is 0 Å². The Hall–Kier alpha value is -1.27. The second kappa shape index (κ2) is 6.46. The van der Waals surface area contributed by atoms with Crippen LogP contribution in [0.2, 0.25) is 5.02 Å². The molecule has 0 spiro atoms. The van der Waals surface area contributed by atoms with Gasteiger partial charge in [-0.1, -0.05) is 23.7 Å². The number of thiazole rings is 2. The van der Waals surface area contributed by atoms with E-state index in [9.17, 15) is 4.79 Å². The molecular weight excluding hydrogens is 359 g/mol. The highest BCUT2D eigenvalue weighted by Gasteiger charge is 2.17. The molecule has 2 aromatic heterocycles. The Morgan fingerprint density at radius 3 is 2.50 bits per heavy atom. The van der Waals surface area contributed by atoms with Crippen LogP contribution in [0.5, 0.6) is 0 Å². The van der Waals surface area contributed by atoms with Crippen LogP contribution in [0.4, 0.5) is 0 Å². The molecule has 0 N–H and O–H groups in total. The summed E-state index contributed by atoms with van der Waals surface area (Å²) in [5, 5.41) is 4.24. The van der Waals surface area contributed by atoms with Gasteiger partial charge in [-0.3, -0.25) is 4.79 Å². The zero-order chi connectivity index (χ0) is 15.7. The van der Waals surface area contributed by atoms with Crippen molar-refractivity contribution in [2.24, 2.45) is 0 Å². The molecule has 0 aliphatic rings. The summed E-state index contributed by atoms with van der Waals surface area (Å²) in [6.07, 6.45) is 0. The fourth-order valence-electron chi connectivity index (χ4n) is 1.92. The van der Waals surface area contributed by atoms with Crippen LogP contribution >= 0.6 is 45.9 Å². The monoisotopic (exact) mass is 368 g/mol. The molecule has 3 nitrogen and oxygen atoms in total. The van der Waals surface area contributed by atoms with Gasteiger partial charge in [-0.05, 0) is 12.1 Å². The van der Waals surface area contributed by atoms with Gasteiger partial charge in [-0.25, -0.2) is 9.97 Å². The number of benzene rings is 1. The van der Waals surface area contributed by atoms with Crippen LogP contribution in [-0.2, 0) is 5.88 Å². The number of ketones is 1. The minimum Gasteiger partial charge on any atom is -0.294 e. The summed E-state index contributed by atoms with van der Waals surface area (Å²) in [5.41, 5.74) is 2.38. The molecule has 0 aliphatic heterocycles. The molecule has 7 heteroatoms. The van der Waals surface area contributed by atoms with E-state index < -0.39 is 0 Å². The smallest absolute Gasteiger partial charge is 0.171 e. The maximum atomic E-state index is 11.6. The quantitative estimate of drug-likeness (QED) is 0.449. The lowest BCUT2D eigenvalue weighted by molar-refractivity contribution is 0.102. The first-order valence-corrected chi connectivity index (χ1v) is 8.98. The first-order chi connectivity index (χ1) is 10.6. The molecule has 1 aromatic carbocycles. The van der Waals surface area contributed by atoms with E-state index in [4.69, 9.17) is 23.2 Å². The first-order valence-electron chi connectivity index (χ1n) is 6.37. The van der Waals surface area contributed by atoms with Crippen LogP contribution in [0.1, 0.15) is 22.3 Å². The van der Waals surface area contributed by atoms with Crippen molar-refractivity contribution in [2.45, 2.75) is 12.8 Å². The van der Waals surface area contributed by atoms with Gasteiger partial charge in [-0.15, -0.1) is 34.3 Å². The summed E-state index contributed by atoms with van der Waals surface area (Å²) in [6, 6.07) is 7.53. The topological polar surface area (TPSA) is 42.9 Å². The molecule has 0 fully saturated rings. The molecule has 3 aromatic rings. The minimum absolute atomic E-state index is 0.0208. The van der Waals surface area contributed by atoms with E-state index in [1.165, 1.54) is 29.6 Å². The van der Waals surface area contributed by atoms with Gasteiger partial charge in [-0.2, -0.15) is 0 Å². The molecule has 0 bridgehead atoms. The van der Waals surface area contributed by atoms with Gasteiger partial charge >= 0.3 is 0 Å². The summed E-state index contributed by atoms with van der Waals surface area (Å²) in [7, 11) is 0. The zero-order valence-electron chi connectivity index (χ0n) is 11.5. The lowest BCUT2D eigenvalue weighted by Gasteiger charge is -1.95. The van der Waals surface area contributed by atoms with Crippen molar-refractivity contribution in [1.82, 2.24) is 9.97 Å². The molecule has 0 unspecified atom stereocenters. The molecule has 0 saturated heterocycles. The second-order valence-corrected chi connectivity index (χ2v) is 7.09. The Labute approximate surface area is 145 Å². The van der Waals surface area contributed by atoms with E-state index in [1.807, 2.05) is 29.6 Å². The van der Waals surface area contributed by atoms with Crippen molar-refractivity contribution in [2.75, 3.05) is 0 Å². The molecular formula is C15H10Cl2N2OS2. The Morgan fingerprint density at radius 2 is 1.91 bits per heavy atom. The Bertz CT molecular complexity index is 824. The number of hydrogen-bond donors (Lipinski definition) is 0. The third kappa shape index (κ3) is 3.08. The van der Waals surface area contributed by atoms with Crippen molar-refractivity contribution >= 4 is 51.7 Å². The predicted molar refractivity (Wildman–Crippen MR) is 93.2 cm³/mol. The average molecular weight is 369 g/mol. The van der Waals surface area contributed by atoms with Crippen LogP contribution in [-0.4, -0.2) is 15.8 Å². The highest BCUT2D eigenvalue weighted by Crippen LogP contribution is 2.33. The predicted octanol–water partition coefficient (Wildman–Crippen LogP) is 5.53. The molecule has 22 heavy (non-hydrogen) atoms. The van der Waals surface area contributed by atoms with Gasteiger partial charge in [0.15, 0.2) is 5.78 Å². The number of carbonyl (C=O) groups is 1. The standard InChI is InChI=1S/C15H10Cl2N2OS2/c1-8(20)13-11(6-16)18-15(22-13)12-7-21-14(19-12)9-2-4-10(17)5-3-9/h2-5,7H,6H2,1H3. The Kier molecular flexibility index (Phi) is 4.59. The molecule has 112 valence electrons. The van der Waals surface area contributed by atoms with E-state index in [-0.39, 0.29) is 11.7 Å². The molecule has 0 amide bonds. The van der Waals surface area contributed by atoms with E-state index >= 15 is 0 Å². The molecule has 2 heterocycles. The van der Waals surface area contributed by atoms with Crippen molar-refractivity contribution in [1.29, 1.82) is 0 Å². The maximum Gasteiger partial charge on any atom is 0.171 e. The number of rotatable bonds is 4. The van der Waals surface area contributed by atoms with Gasteiger partial charge in [0.2, 0.25) is 0 Å². The number of aromatic nitrogens is 2. The van der Waals surface area contributed by atoms with E-state index in [0.29, 0.717) is 15.6 Å². The fourth-order valence-corrected chi connectivity index (χ4v) is 4.15. The lowest BCUT2D eigenvalue weighted by Crippen LogP contribution is -1.92. The summed E-state index contributed by atoms with van der Waals surface area (Å²) in [5.74, 6) is 0.201. The van der Waals surface area contributed by atoms with Crippen LogP contribution in [0, 0.1) is 0 Å². The van der Waals surface area contributed by atoms with Gasteiger partial charge in [0.05, 0.1) is 16.5 Å². The van der Waals surface area contributed by atoms with Crippen molar-refractivity contribution in [3.63, 3.8) is 0 Å².